The monoisotopic (exact) mass is 388 g/mol. The highest BCUT2D eigenvalue weighted by Gasteiger charge is 2.26. The standard InChI is InChI=1S/C21H28N2O3S/c1-22(11-8-16-6-7-19(25-2)20(13-16)26-3)18-5-4-10-23(14-18)21(24)17-9-12-27-15-17/h6-7,9,12-13,15,18H,4-5,8,10-11,14H2,1-3H3/t18-/m1/s1. The number of ether oxygens (including phenoxy) is 2. The van der Waals surface area contributed by atoms with Crippen molar-refractivity contribution in [3.63, 3.8) is 0 Å². The average Bonchev–Trinajstić information content (AvgIpc) is 3.26. The summed E-state index contributed by atoms with van der Waals surface area (Å²) in [4.78, 5) is 17.0. The molecule has 146 valence electrons. The zero-order chi connectivity index (χ0) is 19.2. The van der Waals surface area contributed by atoms with Crippen molar-refractivity contribution in [3.05, 3.63) is 46.2 Å². The van der Waals surface area contributed by atoms with E-state index in [0.717, 1.165) is 56.0 Å². The Hall–Kier alpha value is -2.05. The first-order valence-corrected chi connectivity index (χ1v) is 10.3. The molecule has 27 heavy (non-hydrogen) atoms. The number of methoxy groups -OCH3 is 2. The molecule has 1 aromatic heterocycles. The average molecular weight is 389 g/mol. The SMILES string of the molecule is COc1ccc(CCN(C)[C@@H]2CCCN(C(=O)c3ccsc3)C2)cc1OC. The Balaban J connectivity index is 1.56. The van der Waals surface area contributed by atoms with Gasteiger partial charge in [-0.15, -0.1) is 0 Å². The van der Waals surface area contributed by atoms with Crippen molar-refractivity contribution in [2.75, 3.05) is 40.9 Å². The largest absolute Gasteiger partial charge is 0.493 e. The first kappa shape index (κ1) is 19.7. The number of rotatable bonds is 7. The van der Waals surface area contributed by atoms with Crippen molar-refractivity contribution in [3.8, 4) is 11.5 Å². The molecule has 0 unspecified atom stereocenters. The zero-order valence-electron chi connectivity index (χ0n) is 16.3. The van der Waals surface area contributed by atoms with Crippen LogP contribution in [0.5, 0.6) is 11.5 Å². The highest BCUT2D eigenvalue weighted by atomic mass is 32.1. The molecule has 0 radical (unpaired) electrons. The molecule has 1 saturated heterocycles. The Labute approximate surface area is 165 Å². The van der Waals surface area contributed by atoms with E-state index in [1.54, 1.807) is 25.6 Å². The molecule has 6 heteroatoms. The predicted octanol–water partition coefficient (Wildman–Crippen LogP) is 3.54. The number of carbonyl (C=O) groups excluding carboxylic acids is 1. The summed E-state index contributed by atoms with van der Waals surface area (Å²) in [5.74, 6) is 1.68. The van der Waals surface area contributed by atoms with Crippen LogP contribution < -0.4 is 9.47 Å². The van der Waals surface area contributed by atoms with Gasteiger partial charge in [-0.2, -0.15) is 11.3 Å². The van der Waals surface area contributed by atoms with Gasteiger partial charge in [0, 0.05) is 31.1 Å². The number of likely N-dealkylation sites (N-methyl/N-ethyl adjacent to an activating group) is 1. The van der Waals surface area contributed by atoms with Crippen LogP contribution in [0.4, 0.5) is 0 Å². The minimum Gasteiger partial charge on any atom is -0.493 e. The lowest BCUT2D eigenvalue weighted by molar-refractivity contribution is 0.0612. The minimum atomic E-state index is 0.161. The maximum atomic E-state index is 12.6. The summed E-state index contributed by atoms with van der Waals surface area (Å²) in [6.07, 6.45) is 3.13. The zero-order valence-corrected chi connectivity index (χ0v) is 17.1. The van der Waals surface area contributed by atoms with Crippen LogP contribution in [0.1, 0.15) is 28.8 Å². The van der Waals surface area contributed by atoms with Gasteiger partial charge in [0.15, 0.2) is 11.5 Å². The highest BCUT2D eigenvalue weighted by molar-refractivity contribution is 7.08. The van der Waals surface area contributed by atoms with E-state index < -0.39 is 0 Å². The summed E-state index contributed by atoms with van der Waals surface area (Å²) in [5.41, 5.74) is 2.04. The molecule has 1 fully saturated rings. The molecule has 0 aliphatic carbocycles. The van der Waals surface area contributed by atoms with Crippen LogP contribution in [0.25, 0.3) is 0 Å². The van der Waals surface area contributed by atoms with Crippen molar-refractivity contribution in [1.29, 1.82) is 0 Å². The number of likely N-dealkylation sites (tertiary alicyclic amines) is 1. The third-order valence-corrected chi connectivity index (χ3v) is 5.96. The molecule has 0 bridgehead atoms. The summed E-state index contributed by atoms with van der Waals surface area (Å²) in [5, 5.41) is 3.90. The topological polar surface area (TPSA) is 42.0 Å². The van der Waals surface area contributed by atoms with E-state index in [9.17, 15) is 4.79 Å². The fraction of sp³-hybridized carbons (Fsp3) is 0.476. The number of piperidine rings is 1. The molecule has 2 aromatic rings. The smallest absolute Gasteiger partial charge is 0.254 e. The molecule has 0 saturated carbocycles. The van der Waals surface area contributed by atoms with Crippen LogP contribution >= 0.6 is 11.3 Å². The third kappa shape index (κ3) is 4.82. The quantitative estimate of drug-likeness (QED) is 0.728. The number of carbonyl (C=O) groups is 1. The van der Waals surface area contributed by atoms with Crippen LogP contribution in [0.3, 0.4) is 0 Å². The molecule has 0 N–H and O–H groups in total. The van der Waals surface area contributed by atoms with E-state index in [-0.39, 0.29) is 5.91 Å². The van der Waals surface area contributed by atoms with E-state index in [2.05, 4.69) is 18.0 Å². The van der Waals surface area contributed by atoms with Gasteiger partial charge in [0.05, 0.1) is 19.8 Å². The molecular weight excluding hydrogens is 360 g/mol. The van der Waals surface area contributed by atoms with Gasteiger partial charge in [0.25, 0.3) is 5.91 Å². The Morgan fingerprint density at radius 2 is 2.07 bits per heavy atom. The van der Waals surface area contributed by atoms with Gasteiger partial charge in [0.2, 0.25) is 0 Å². The number of nitrogens with zero attached hydrogens (tertiary/aromatic N) is 2. The van der Waals surface area contributed by atoms with E-state index >= 15 is 0 Å². The van der Waals surface area contributed by atoms with Gasteiger partial charge in [-0.3, -0.25) is 4.79 Å². The van der Waals surface area contributed by atoms with Crippen molar-refractivity contribution in [2.45, 2.75) is 25.3 Å². The van der Waals surface area contributed by atoms with Gasteiger partial charge >= 0.3 is 0 Å². The summed E-state index contributed by atoms with van der Waals surface area (Å²) < 4.78 is 10.7. The summed E-state index contributed by atoms with van der Waals surface area (Å²) in [7, 11) is 5.47. The Morgan fingerprint density at radius 3 is 2.78 bits per heavy atom. The van der Waals surface area contributed by atoms with Crippen molar-refractivity contribution in [2.24, 2.45) is 0 Å². The van der Waals surface area contributed by atoms with Gasteiger partial charge in [-0.1, -0.05) is 6.07 Å². The molecule has 3 rings (SSSR count). The van der Waals surface area contributed by atoms with Gasteiger partial charge in [-0.05, 0) is 55.5 Å². The lowest BCUT2D eigenvalue weighted by Gasteiger charge is -2.37. The first-order chi connectivity index (χ1) is 13.1. The van der Waals surface area contributed by atoms with Crippen molar-refractivity contribution >= 4 is 17.2 Å². The lowest BCUT2D eigenvalue weighted by atomic mass is 10.0. The summed E-state index contributed by atoms with van der Waals surface area (Å²) >= 11 is 1.57. The Bertz CT molecular complexity index is 748. The second-order valence-electron chi connectivity index (χ2n) is 6.98. The van der Waals surface area contributed by atoms with Crippen LogP contribution in [0.2, 0.25) is 0 Å². The predicted molar refractivity (Wildman–Crippen MR) is 109 cm³/mol. The second kappa shape index (κ2) is 9.24. The van der Waals surface area contributed by atoms with Crippen LogP contribution in [-0.2, 0) is 6.42 Å². The van der Waals surface area contributed by atoms with Gasteiger partial charge in [-0.25, -0.2) is 0 Å². The molecule has 1 atom stereocenters. The molecule has 0 spiro atoms. The Kier molecular flexibility index (Phi) is 6.74. The number of thiophene rings is 1. The summed E-state index contributed by atoms with van der Waals surface area (Å²) in [6, 6.07) is 8.40. The Morgan fingerprint density at radius 1 is 1.26 bits per heavy atom. The number of hydrogen-bond donors (Lipinski definition) is 0. The molecule has 2 heterocycles. The second-order valence-corrected chi connectivity index (χ2v) is 7.76. The molecule has 1 aliphatic heterocycles. The maximum absolute atomic E-state index is 12.6. The van der Waals surface area contributed by atoms with Crippen LogP contribution in [-0.4, -0.2) is 62.7 Å². The van der Waals surface area contributed by atoms with E-state index in [4.69, 9.17) is 9.47 Å². The normalized spacial score (nSPS) is 17.2. The van der Waals surface area contributed by atoms with Crippen LogP contribution in [0.15, 0.2) is 35.0 Å². The highest BCUT2D eigenvalue weighted by Crippen LogP contribution is 2.28. The molecule has 1 amide bonds. The number of hydrogen-bond acceptors (Lipinski definition) is 5. The fourth-order valence-electron chi connectivity index (χ4n) is 3.59. The van der Waals surface area contributed by atoms with E-state index in [1.807, 2.05) is 33.9 Å². The fourth-order valence-corrected chi connectivity index (χ4v) is 4.22. The third-order valence-electron chi connectivity index (χ3n) is 5.28. The van der Waals surface area contributed by atoms with Crippen LogP contribution in [0, 0.1) is 0 Å². The molecule has 1 aromatic carbocycles. The number of amides is 1. The lowest BCUT2D eigenvalue weighted by Crippen LogP contribution is -2.49. The maximum Gasteiger partial charge on any atom is 0.254 e. The first-order valence-electron chi connectivity index (χ1n) is 9.35. The molecular formula is C21H28N2O3S. The minimum absolute atomic E-state index is 0.161. The number of benzene rings is 1. The van der Waals surface area contributed by atoms with E-state index in [1.165, 1.54) is 5.56 Å². The van der Waals surface area contributed by atoms with E-state index in [0.29, 0.717) is 6.04 Å². The molecule has 1 aliphatic rings. The van der Waals surface area contributed by atoms with Crippen molar-refractivity contribution < 1.29 is 14.3 Å². The van der Waals surface area contributed by atoms with Gasteiger partial charge in [0.1, 0.15) is 0 Å². The van der Waals surface area contributed by atoms with Crippen molar-refractivity contribution in [1.82, 2.24) is 9.80 Å². The molecule has 5 nitrogen and oxygen atoms in total. The summed E-state index contributed by atoms with van der Waals surface area (Å²) in [6.45, 7) is 2.60. The van der Waals surface area contributed by atoms with Gasteiger partial charge < -0.3 is 19.3 Å².